The molecule has 1 aromatic rings. The Morgan fingerprint density at radius 1 is 1.47 bits per heavy atom. The third-order valence-electron chi connectivity index (χ3n) is 3.21. The number of hydrogen-bond donors (Lipinski definition) is 1. The van der Waals surface area contributed by atoms with Crippen LogP contribution in [0.4, 0.5) is 0 Å². The van der Waals surface area contributed by atoms with Crippen LogP contribution in [0.15, 0.2) is 22.7 Å². The average Bonchev–Trinajstić information content (AvgIpc) is 2.97. The Morgan fingerprint density at radius 2 is 2.20 bits per heavy atom. The fourth-order valence-corrected chi connectivity index (χ4v) is 2.51. The molecular weight excluding hydrogens is 250 g/mol. The Hall–Kier alpha value is -0.340. The molecule has 2 rings (SSSR count). The summed E-state index contributed by atoms with van der Waals surface area (Å²) in [7, 11) is 0. The van der Waals surface area contributed by atoms with Crippen molar-refractivity contribution in [3.05, 3.63) is 33.8 Å². The Labute approximate surface area is 100 Å². The molecule has 15 heavy (non-hydrogen) atoms. The van der Waals surface area contributed by atoms with Gasteiger partial charge in [-0.3, -0.25) is 0 Å². The lowest BCUT2D eigenvalue weighted by atomic mass is 9.97. The molecule has 1 atom stereocenters. The molecular formula is C13H18BrN. The van der Waals surface area contributed by atoms with E-state index in [1.807, 2.05) is 0 Å². The third-order valence-corrected chi connectivity index (χ3v) is 3.71. The molecule has 2 heteroatoms. The van der Waals surface area contributed by atoms with Crippen molar-refractivity contribution in [3.63, 3.8) is 0 Å². The van der Waals surface area contributed by atoms with Crippen LogP contribution in [0.2, 0.25) is 0 Å². The number of aryl methyl sites for hydroxylation is 1. The second-order valence-electron chi connectivity index (χ2n) is 4.63. The number of hydrogen-bond acceptors (Lipinski definition) is 1. The number of benzene rings is 1. The van der Waals surface area contributed by atoms with Gasteiger partial charge in [0.25, 0.3) is 0 Å². The minimum Gasteiger partial charge on any atom is -0.324 e. The van der Waals surface area contributed by atoms with E-state index in [1.54, 1.807) is 0 Å². The monoisotopic (exact) mass is 267 g/mol. The Bertz CT molecular complexity index is 344. The summed E-state index contributed by atoms with van der Waals surface area (Å²) in [6, 6.07) is 6.60. The maximum Gasteiger partial charge on any atom is 0.0297 e. The molecule has 1 saturated carbocycles. The molecule has 0 heterocycles. The van der Waals surface area contributed by atoms with E-state index in [9.17, 15) is 0 Å². The lowest BCUT2D eigenvalue weighted by Crippen LogP contribution is -2.11. The molecule has 0 aromatic heterocycles. The first-order chi connectivity index (χ1) is 7.16. The van der Waals surface area contributed by atoms with Gasteiger partial charge in [-0.2, -0.15) is 0 Å². The van der Waals surface area contributed by atoms with E-state index in [2.05, 4.69) is 41.1 Å². The topological polar surface area (TPSA) is 26.0 Å². The maximum atomic E-state index is 6.21. The van der Waals surface area contributed by atoms with Gasteiger partial charge in [-0.25, -0.2) is 0 Å². The summed E-state index contributed by atoms with van der Waals surface area (Å²) in [5.74, 6) is 0.979. The minimum absolute atomic E-state index is 0.221. The van der Waals surface area contributed by atoms with Gasteiger partial charge in [0.05, 0.1) is 0 Å². The van der Waals surface area contributed by atoms with E-state index in [0.717, 1.165) is 16.8 Å². The molecule has 0 bridgehead atoms. The van der Waals surface area contributed by atoms with Crippen LogP contribution in [-0.2, 0) is 0 Å². The lowest BCUT2D eigenvalue weighted by Gasteiger charge is -2.14. The van der Waals surface area contributed by atoms with Crippen molar-refractivity contribution in [2.45, 2.75) is 38.6 Å². The number of nitrogens with two attached hydrogens (primary N) is 1. The predicted molar refractivity (Wildman–Crippen MR) is 67.8 cm³/mol. The fourth-order valence-electron chi connectivity index (χ4n) is 2.03. The van der Waals surface area contributed by atoms with Crippen molar-refractivity contribution >= 4 is 15.9 Å². The second-order valence-corrected chi connectivity index (χ2v) is 5.54. The molecule has 0 aliphatic heterocycles. The molecule has 1 aliphatic carbocycles. The zero-order valence-corrected chi connectivity index (χ0v) is 10.8. The second kappa shape index (κ2) is 4.67. The summed E-state index contributed by atoms with van der Waals surface area (Å²) >= 11 is 3.48. The summed E-state index contributed by atoms with van der Waals surface area (Å²) in [5, 5.41) is 0. The van der Waals surface area contributed by atoms with Crippen LogP contribution in [0.3, 0.4) is 0 Å². The highest BCUT2D eigenvalue weighted by Gasteiger charge is 2.22. The number of rotatable bonds is 4. The first kappa shape index (κ1) is 11.2. The van der Waals surface area contributed by atoms with Crippen LogP contribution < -0.4 is 5.73 Å². The Morgan fingerprint density at radius 3 is 2.80 bits per heavy atom. The maximum absolute atomic E-state index is 6.21. The molecule has 1 unspecified atom stereocenters. The van der Waals surface area contributed by atoms with Crippen molar-refractivity contribution in [2.75, 3.05) is 0 Å². The van der Waals surface area contributed by atoms with Crippen molar-refractivity contribution in [2.24, 2.45) is 11.7 Å². The fraction of sp³-hybridized carbons (Fsp3) is 0.538. The van der Waals surface area contributed by atoms with Gasteiger partial charge in [-0.15, -0.1) is 0 Å². The van der Waals surface area contributed by atoms with E-state index in [0.29, 0.717) is 0 Å². The first-order valence-electron chi connectivity index (χ1n) is 5.68. The molecule has 1 aromatic carbocycles. The van der Waals surface area contributed by atoms with E-state index in [1.165, 1.54) is 30.4 Å². The molecule has 0 spiro atoms. The smallest absolute Gasteiger partial charge is 0.0297 e. The highest BCUT2D eigenvalue weighted by molar-refractivity contribution is 9.10. The van der Waals surface area contributed by atoms with Gasteiger partial charge in [0.2, 0.25) is 0 Å². The Kier molecular flexibility index (Phi) is 3.47. The lowest BCUT2D eigenvalue weighted by molar-refractivity contribution is 0.573. The molecule has 1 fully saturated rings. The first-order valence-corrected chi connectivity index (χ1v) is 6.48. The Balaban J connectivity index is 1.99. The van der Waals surface area contributed by atoms with Crippen LogP contribution in [0.1, 0.15) is 42.9 Å². The van der Waals surface area contributed by atoms with Crippen molar-refractivity contribution < 1.29 is 0 Å². The minimum atomic E-state index is 0.221. The highest BCUT2D eigenvalue weighted by Crippen LogP contribution is 2.35. The van der Waals surface area contributed by atoms with Gasteiger partial charge in [0, 0.05) is 10.5 Å². The van der Waals surface area contributed by atoms with Gasteiger partial charge in [-0.05, 0) is 48.9 Å². The molecule has 0 radical (unpaired) electrons. The van der Waals surface area contributed by atoms with Gasteiger partial charge >= 0.3 is 0 Å². The van der Waals surface area contributed by atoms with Gasteiger partial charge in [0.15, 0.2) is 0 Å². The zero-order valence-electron chi connectivity index (χ0n) is 9.17. The van der Waals surface area contributed by atoms with E-state index < -0.39 is 0 Å². The van der Waals surface area contributed by atoms with E-state index in [4.69, 9.17) is 5.73 Å². The molecule has 2 N–H and O–H groups in total. The zero-order chi connectivity index (χ0) is 10.8. The summed E-state index contributed by atoms with van der Waals surface area (Å²) in [5.41, 5.74) is 8.81. The molecule has 0 saturated heterocycles. The molecule has 1 nitrogen and oxygen atoms in total. The van der Waals surface area contributed by atoms with Crippen LogP contribution in [-0.4, -0.2) is 0 Å². The van der Waals surface area contributed by atoms with Crippen molar-refractivity contribution in [3.8, 4) is 0 Å². The highest BCUT2D eigenvalue weighted by atomic mass is 79.9. The summed E-state index contributed by atoms with van der Waals surface area (Å²) in [4.78, 5) is 0. The molecule has 0 amide bonds. The SMILES string of the molecule is Cc1cc(Br)ccc1C(N)CCC1CC1. The van der Waals surface area contributed by atoms with Crippen LogP contribution in [0.25, 0.3) is 0 Å². The van der Waals surface area contributed by atoms with E-state index in [-0.39, 0.29) is 6.04 Å². The average molecular weight is 268 g/mol. The summed E-state index contributed by atoms with van der Waals surface area (Å²) in [6.45, 7) is 2.14. The van der Waals surface area contributed by atoms with Crippen molar-refractivity contribution in [1.82, 2.24) is 0 Å². The summed E-state index contributed by atoms with van der Waals surface area (Å²) < 4.78 is 1.14. The van der Waals surface area contributed by atoms with Gasteiger partial charge in [-0.1, -0.05) is 34.8 Å². The molecule has 1 aliphatic rings. The van der Waals surface area contributed by atoms with Gasteiger partial charge < -0.3 is 5.73 Å². The predicted octanol–water partition coefficient (Wildman–Crippen LogP) is 3.95. The standard InChI is InChI=1S/C13H18BrN/c1-9-8-11(14)5-6-12(9)13(15)7-4-10-2-3-10/h5-6,8,10,13H,2-4,7,15H2,1H3. The third kappa shape index (κ3) is 3.05. The van der Waals surface area contributed by atoms with Crippen LogP contribution in [0, 0.1) is 12.8 Å². The number of halogens is 1. The van der Waals surface area contributed by atoms with Crippen molar-refractivity contribution in [1.29, 1.82) is 0 Å². The normalized spacial score (nSPS) is 17.8. The van der Waals surface area contributed by atoms with Crippen LogP contribution >= 0.6 is 15.9 Å². The quantitative estimate of drug-likeness (QED) is 0.879. The summed E-state index contributed by atoms with van der Waals surface area (Å²) in [6.07, 6.45) is 5.28. The molecule has 82 valence electrons. The van der Waals surface area contributed by atoms with E-state index >= 15 is 0 Å². The largest absolute Gasteiger partial charge is 0.324 e. The van der Waals surface area contributed by atoms with Crippen LogP contribution in [0.5, 0.6) is 0 Å². The van der Waals surface area contributed by atoms with Gasteiger partial charge in [0.1, 0.15) is 0 Å².